The van der Waals surface area contributed by atoms with E-state index in [1.807, 2.05) is 0 Å². The molecule has 1 N–H and O–H groups in total. The molecular formula is C15H26N4. The van der Waals surface area contributed by atoms with Crippen LogP contribution in [0.25, 0.3) is 0 Å². The zero-order valence-electron chi connectivity index (χ0n) is 12.2. The Labute approximate surface area is 116 Å². The molecule has 2 aliphatic rings. The lowest BCUT2D eigenvalue weighted by Crippen LogP contribution is -2.41. The highest BCUT2D eigenvalue weighted by molar-refractivity contribution is 5.16. The summed E-state index contributed by atoms with van der Waals surface area (Å²) in [5.74, 6) is 0. The number of piperidine rings is 2. The van der Waals surface area contributed by atoms with Gasteiger partial charge in [-0.25, -0.2) is 4.98 Å². The van der Waals surface area contributed by atoms with Gasteiger partial charge in [-0.2, -0.15) is 0 Å². The Morgan fingerprint density at radius 2 is 2.16 bits per heavy atom. The number of rotatable bonds is 2. The molecule has 0 amide bonds. The van der Waals surface area contributed by atoms with Crippen LogP contribution in [0.4, 0.5) is 0 Å². The molecule has 0 radical (unpaired) electrons. The molecule has 3 heterocycles. The third-order valence-corrected chi connectivity index (χ3v) is 4.98. The zero-order chi connectivity index (χ0) is 13.3. The number of aromatic nitrogens is 2. The van der Waals surface area contributed by atoms with Crippen molar-refractivity contribution in [1.29, 1.82) is 0 Å². The van der Waals surface area contributed by atoms with Crippen LogP contribution >= 0.6 is 0 Å². The van der Waals surface area contributed by atoms with Crippen LogP contribution in [0.2, 0.25) is 0 Å². The van der Waals surface area contributed by atoms with Crippen molar-refractivity contribution in [1.82, 2.24) is 19.8 Å². The smallest absolute Gasteiger partial charge is 0.0951 e. The van der Waals surface area contributed by atoms with Gasteiger partial charge >= 0.3 is 0 Å². The van der Waals surface area contributed by atoms with Gasteiger partial charge in [0.1, 0.15) is 0 Å². The molecule has 2 saturated heterocycles. The molecule has 1 unspecified atom stereocenters. The van der Waals surface area contributed by atoms with E-state index in [0.717, 1.165) is 19.6 Å². The van der Waals surface area contributed by atoms with Crippen LogP contribution in [0.15, 0.2) is 12.5 Å². The van der Waals surface area contributed by atoms with Gasteiger partial charge in [0.2, 0.25) is 0 Å². The first-order chi connectivity index (χ1) is 9.19. The van der Waals surface area contributed by atoms with E-state index in [1.54, 1.807) is 0 Å². The Balaban J connectivity index is 1.85. The summed E-state index contributed by atoms with van der Waals surface area (Å²) in [6, 6.07) is 0.614. The molecule has 19 heavy (non-hydrogen) atoms. The second-order valence-electron chi connectivity index (χ2n) is 6.56. The Bertz CT molecular complexity index is 420. The number of nitrogens with one attached hydrogen (secondary N) is 1. The maximum Gasteiger partial charge on any atom is 0.0951 e. The van der Waals surface area contributed by atoms with Crippen molar-refractivity contribution < 1.29 is 0 Å². The summed E-state index contributed by atoms with van der Waals surface area (Å²) in [6.07, 6.45) is 9.22. The van der Waals surface area contributed by atoms with Crippen LogP contribution in [-0.2, 0) is 5.41 Å². The summed E-state index contributed by atoms with van der Waals surface area (Å²) in [7, 11) is 2.23. The molecule has 0 spiro atoms. The molecule has 1 aromatic heterocycles. The maximum atomic E-state index is 4.47. The molecule has 2 aliphatic heterocycles. The summed E-state index contributed by atoms with van der Waals surface area (Å²) >= 11 is 0. The first kappa shape index (κ1) is 13.1. The van der Waals surface area contributed by atoms with E-state index in [0.29, 0.717) is 11.5 Å². The maximum absolute atomic E-state index is 4.47. The predicted octanol–water partition coefficient (Wildman–Crippen LogP) is 1.79. The number of nitrogens with zero attached hydrogens (tertiary/aromatic N) is 3. The highest BCUT2D eigenvalue weighted by Gasteiger charge is 2.33. The number of likely N-dealkylation sites (tertiary alicyclic amines) is 1. The standard InChI is InChI=1S/C15H26N4/c1-15(5-7-16-8-6-15)14-10-17-12-19(14)13-4-3-9-18(2)11-13/h10,12-13,16H,3-9,11H2,1-2H3. The average Bonchev–Trinajstić information content (AvgIpc) is 2.89. The van der Waals surface area contributed by atoms with E-state index >= 15 is 0 Å². The second kappa shape index (κ2) is 5.25. The second-order valence-corrected chi connectivity index (χ2v) is 6.56. The van der Waals surface area contributed by atoms with Crippen molar-refractivity contribution in [2.75, 3.05) is 33.2 Å². The monoisotopic (exact) mass is 262 g/mol. The fourth-order valence-corrected chi connectivity index (χ4v) is 3.66. The topological polar surface area (TPSA) is 33.1 Å². The Kier molecular flexibility index (Phi) is 3.63. The molecule has 2 fully saturated rings. The quantitative estimate of drug-likeness (QED) is 0.882. The third kappa shape index (κ3) is 2.56. The number of imidazole rings is 1. The molecule has 0 aliphatic carbocycles. The molecule has 4 heteroatoms. The van der Waals surface area contributed by atoms with Gasteiger partial charge in [0, 0.05) is 29.9 Å². The Morgan fingerprint density at radius 1 is 1.37 bits per heavy atom. The summed E-state index contributed by atoms with van der Waals surface area (Å²) in [5.41, 5.74) is 1.76. The molecule has 1 atom stereocenters. The minimum Gasteiger partial charge on any atom is -0.330 e. The van der Waals surface area contributed by atoms with Crippen molar-refractivity contribution in [2.24, 2.45) is 0 Å². The predicted molar refractivity (Wildman–Crippen MR) is 77.5 cm³/mol. The normalized spacial score (nSPS) is 28.4. The van der Waals surface area contributed by atoms with Gasteiger partial charge < -0.3 is 14.8 Å². The number of hydrogen-bond acceptors (Lipinski definition) is 3. The first-order valence-corrected chi connectivity index (χ1v) is 7.61. The lowest BCUT2D eigenvalue weighted by molar-refractivity contribution is 0.201. The van der Waals surface area contributed by atoms with Gasteiger partial charge in [0.05, 0.1) is 6.33 Å². The molecule has 106 valence electrons. The van der Waals surface area contributed by atoms with E-state index in [4.69, 9.17) is 0 Å². The van der Waals surface area contributed by atoms with Gasteiger partial charge in [0.25, 0.3) is 0 Å². The van der Waals surface area contributed by atoms with Crippen LogP contribution in [0.3, 0.4) is 0 Å². The van der Waals surface area contributed by atoms with E-state index in [9.17, 15) is 0 Å². The van der Waals surface area contributed by atoms with E-state index < -0.39 is 0 Å². The van der Waals surface area contributed by atoms with Crippen molar-refractivity contribution in [2.45, 2.75) is 44.1 Å². The molecule has 0 aromatic carbocycles. The largest absolute Gasteiger partial charge is 0.330 e. The lowest BCUT2D eigenvalue weighted by atomic mass is 9.78. The van der Waals surface area contributed by atoms with Gasteiger partial charge in [-0.3, -0.25) is 0 Å². The third-order valence-electron chi connectivity index (χ3n) is 4.98. The van der Waals surface area contributed by atoms with Crippen LogP contribution in [-0.4, -0.2) is 47.7 Å². The molecular weight excluding hydrogens is 236 g/mol. The van der Waals surface area contributed by atoms with E-state index in [1.165, 1.54) is 37.9 Å². The van der Waals surface area contributed by atoms with Crippen LogP contribution in [0.5, 0.6) is 0 Å². The van der Waals surface area contributed by atoms with Crippen molar-refractivity contribution in [3.8, 4) is 0 Å². The van der Waals surface area contributed by atoms with Gasteiger partial charge in [-0.05, 0) is 52.4 Å². The molecule has 4 nitrogen and oxygen atoms in total. The summed E-state index contributed by atoms with van der Waals surface area (Å²) < 4.78 is 2.47. The van der Waals surface area contributed by atoms with Crippen molar-refractivity contribution in [3.63, 3.8) is 0 Å². The van der Waals surface area contributed by atoms with Crippen LogP contribution in [0.1, 0.15) is 44.3 Å². The molecule has 1 aromatic rings. The summed E-state index contributed by atoms with van der Waals surface area (Å²) in [5, 5.41) is 3.47. The van der Waals surface area contributed by atoms with Crippen LogP contribution < -0.4 is 5.32 Å². The fourth-order valence-electron chi connectivity index (χ4n) is 3.66. The van der Waals surface area contributed by atoms with Gasteiger partial charge in [-0.1, -0.05) is 6.92 Å². The molecule has 3 rings (SSSR count). The lowest BCUT2D eigenvalue weighted by Gasteiger charge is -2.38. The SMILES string of the molecule is CN1CCCC(n2cncc2C2(C)CCNCC2)C1. The highest BCUT2D eigenvalue weighted by atomic mass is 15.2. The van der Waals surface area contributed by atoms with E-state index in [-0.39, 0.29) is 0 Å². The zero-order valence-corrected chi connectivity index (χ0v) is 12.2. The minimum absolute atomic E-state index is 0.303. The Morgan fingerprint density at radius 3 is 2.89 bits per heavy atom. The van der Waals surface area contributed by atoms with Gasteiger partial charge in [-0.15, -0.1) is 0 Å². The minimum atomic E-state index is 0.303. The Hall–Kier alpha value is -0.870. The van der Waals surface area contributed by atoms with Crippen LogP contribution in [0, 0.1) is 0 Å². The first-order valence-electron chi connectivity index (χ1n) is 7.61. The summed E-state index contributed by atoms with van der Waals surface area (Å²) in [6.45, 7) is 7.08. The molecule has 0 bridgehead atoms. The molecule has 0 saturated carbocycles. The van der Waals surface area contributed by atoms with Gasteiger partial charge in [0.15, 0.2) is 0 Å². The fraction of sp³-hybridized carbons (Fsp3) is 0.800. The van der Waals surface area contributed by atoms with Crippen molar-refractivity contribution >= 4 is 0 Å². The number of likely N-dealkylation sites (N-methyl/N-ethyl adjacent to an activating group) is 1. The van der Waals surface area contributed by atoms with Crippen molar-refractivity contribution in [3.05, 3.63) is 18.2 Å². The number of hydrogen-bond donors (Lipinski definition) is 1. The summed E-state index contributed by atoms with van der Waals surface area (Å²) in [4.78, 5) is 6.91. The average molecular weight is 262 g/mol. The highest BCUT2D eigenvalue weighted by Crippen LogP contribution is 2.35. The van der Waals surface area contributed by atoms with E-state index in [2.05, 4.69) is 46.3 Å².